The molecular formula is C17H26ClN3O2. The molecule has 0 radical (unpaired) electrons. The molecule has 1 saturated heterocycles. The fraction of sp³-hybridized carbons (Fsp3) is 0.529. The molecule has 2 rings (SSSR count). The number of hydrogen-bond donors (Lipinski definition) is 2. The van der Waals surface area contributed by atoms with Gasteiger partial charge in [-0.15, -0.1) is 12.4 Å². The maximum absolute atomic E-state index is 12.5. The molecule has 1 aliphatic heterocycles. The van der Waals surface area contributed by atoms with Crippen LogP contribution in [0, 0.1) is 6.92 Å². The number of amides is 2. The number of carbonyl (C=O) groups is 2. The summed E-state index contributed by atoms with van der Waals surface area (Å²) in [6, 6.07) is 5.49. The predicted octanol–water partition coefficient (Wildman–Crippen LogP) is 2.72. The number of nitrogens with two attached hydrogens (primary N) is 1. The molecule has 0 aromatic heterocycles. The van der Waals surface area contributed by atoms with Gasteiger partial charge in [-0.1, -0.05) is 6.07 Å². The lowest BCUT2D eigenvalue weighted by Crippen LogP contribution is -2.28. The van der Waals surface area contributed by atoms with Crippen molar-refractivity contribution < 1.29 is 9.59 Å². The van der Waals surface area contributed by atoms with Crippen molar-refractivity contribution in [2.24, 2.45) is 5.73 Å². The lowest BCUT2D eigenvalue weighted by Gasteiger charge is -2.18. The minimum atomic E-state index is -0.0637. The molecule has 5 nitrogen and oxygen atoms in total. The predicted molar refractivity (Wildman–Crippen MR) is 95.1 cm³/mol. The van der Waals surface area contributed by atoms with Gasteiger partial charge in [-0.3, -0.25) is 9.59 Å². The van der Waals surface area contributed by atoms with Gasteiger partial charge in [0.05, 0.1) is 0 Å². The molecule has 1 fully saturated rings. The summed E-state index contributed by atoms with van der Waals surface area (Å²) < 4.78 is 0. The first-order valence-electron chi connectivity index (χ1n) is 7.93. The largest absolute Gasteiger partial charge is 0.339 e. The first-order valence-corrected chi connectivity index (χ1v) is 7.93. The minimum absolute atomic E-state index is 0. The van der Waals surface area contributed by atoms with E-state index in [4.69, 9.17) is 5.73 Å². The molecule has 23 heavy (non-hydrogen) atoms. The molecule has 1 aromatic carbocycles. The van der Waals surface area contributed by atoms with Crippen molar-refractivity contribution in [3.8, 4) is 0 Å². The molecule has 0 aliphatic carbocycles. The van der Waals surface area contributed by atoms with Crippen molar-refractivity contribution in [1.29, 1.82) is 0 Å². The van der Waals surface area contributed by atoms with Gasteiger partial charge >= 0.3 is 0 Å². The molecule has 1 aliphatic rings. The van der Waals surface area contributed by atoms with E-state index in [0.29, 0.717) is 24.1 Å². The van der Waals surface area contributed by atoms with Crippen molar-refractivity contribution in [2.45, 2.75) is 45.6 Å². The number of rotatable bonds is 5. The van der Waals surface area contributed by atoms with E-state index in [0.717, 1.165) is 31.5 Å². The number of nitrogens with zero attached hydrogens (tertiary/aromatic N) is 1. The van der Waals surface area contributed by atoms with Gasteiger partial charge in [0.1, 0.15) is 0 Å². The molecule has 1 heterocycles. The molecule has 3 N–H and O–H groups in total. The summed E-state index contributed by atoms with van der Waals surface area (Å²) in [6.07, 6.45) is 3.18. The fourth-order valence-electron chi connectivity index (χ4n) is 2.66. The van der Waals surface area contributed by atoms with E-state index in [9.17, 15) is 9.59 Å². The average molecular weight is 340 g/mol. The minimum Gasteiger partial charge on any atom is -0.339 e. The molecular weight excluding hydrogens is 314 g/mol. The van der Waals surface area contributed by atoms with Crippen LogP contribution < -0.4 is 11.1 Å². The Kier molecular flexibility index (Phi) is 7.52. The number of halogens is 1. The Morgan fingerprint density at radius 3 is 2.57 bits per heavy atom. The van der Waals surface area contributed by atoms with E-state index < -0.39 is 0 Å². The van der Waals surface area contributed by atoms with Gasteiger partial charge in [0.25, 0.3) is 5.91 Å². The van der Waals surface area contributed by atoms with Gasteiger partial charge in [-0.05, 0) is 50.8 Å². The number of hydrogen-bond acceptors (Lipinski definition) is 3. The molecule has 1 aromatic rings. The zero-order valence-corrected chi connectivity index (χ0v) is 14.6. The van der Waals surface area contributed by atoms with Gasteiger partial charge in [0, 0.05) is 36.8 Å². The third-order valence-corrected chi connectivity index (χ3v) is 4.06. The Bertz CT molecular complexity index is 555. The van der Waals surface area contributed by atoms with Crippen molar-refractivity contribution in [3.05, 3.63) is 29.3 Å². The van der Waals surface area contributed by atoms with Gasteiger partial charge in [-0.25, -0.2) is 0 Å². The normalized spacial score (nSPS) is 15.0. The Hall–Kier alpha value is -1.59. The van der Waals surface area contributed by atoms with Gasteiger partial charge in [0.2, 0.25) is 5.91 Å². The van der Waals surface area contributed by atoms with Crippen LogP contribution in [-0.2, 0) is 4.79 Å². The highest BCUT2D eigenvalue weighted by Gasteiger charge is 2.21. The monoisotopic (exact) mass is 339 g/mol. The van der Waals surface area contributed by atoms with Crippen LogP contribution >= 0.6 is 12.4 Å². The fourth-order valence-corrected chi connectivity index (χ4v) is 2.66. The van der Waals surface area contributed by atoms with Crippen molar-refractivity contribution in [3.63, 3.8) is 0 Å². The molecule has 128 valence electrons. The summed E-state index contributed by atoms with van der Waals surface area (Å²) in [5, 5.41) is 2.89. The second kappa shape index (κ2) is 8.89. The summed E-state index contributed by atoms with van der Waals surface area (Å²) in [7, 11) is 0. The zero-order valence-electron chi connectivity index (χ0n) is 13.8. The van der Waals surface area contributed by atoms with E-state index in [-0.39, 0.29) is 30.3 Å². The Balaban J connectivity index is 0.00000264. The summed E-state index contributed by atoms with van der Waals surface area (Å²) >= 11 is 0. The van der Waals surface area contributed by atoms with E-state index in [1.54, 1.807) is 0 Å². The van der Waals surface area contributed by atoms with Crippen LogP contribution in [0.1, 0.15) is 48.5 Å². The lowest BCUT2D eigenvalue weighted by atomic mass is 10.0. The lowest BCUT2D eigenvalue weighted by molar-refractivity contribution is -0.116. The Labute approximate surface area is 144 Å². The highest BCUT2D eigenvalue weighted by molar-refractivity contribution is 5.99. The van der Waals surface area contributed by atoms with Gasteiger partial charge in [0.15, 0.2) is 0 Å². The molecule has 0 spiro atoms. The van der Waals surface area contributed by atoms with Crippen LogP contribution in [0.25, 0.3) is 0 Å². The van der Waals surface area contributed by atoms with E-state index in [2.05, 4.69) is 5.32 Å². The summed E-state index contributed by atoms with van der Waals surface area (Å²) in [5.41, 5.74) is 7.88. The average Bonchev–Trinajstić information content (AvgIpc) is 3.01. The van der Waals surface area contributed by atoms with Gasteiger partial charge in [-0.2, -0.15) is 0 Å². The number of carbonyl (C=O) groups excluding carboxylic acids is 2. The summed E-state index contributed by atoms with van der Waals surface area (Å²) in [5.74, 6) is -0.00662. The first kappa shape index (κ1) is 19.5. The van der Waals surface area contributed by atoms with E-state index in [1.165, 1.54) is 0 Å². The van der Waals surface area contributed by atoms with Crippen LogP contribution in [-0.4, -0.2) is 35.8 Å². The molecule has 1 unspecified atom stereocenters. The summed E-state index contributed by atoms with van der Waals surface area (Å²) in [4.78, 5) is 26.3. The number of anilines is 1. The van der Waals surface area contributed by atoms with E-state index >= 15 is 0 Å². The number of nitrogens with one attached hydrogen (secondary N) is 1. The second-order valence-electron chi connectivity index (χ2n) is 6.04. The maximum Gasteiger partial charge on any atom is 0.254 e. The van der Waals surface area contributed by atoms with Crippen molar-refractivity contribution >= 4 is 29.9 Å². The molecule has 2 amide bonds. The Morgan fingerprint density at radius 1 is 1.30 bits per heavy atom. The molecule has 0 saturated carbocycles. The SMILES string of the molecule is Cc1c(NC(=O)CCC(C)N)cccc1C(=O)N1CCCC1.Cl. The zero-order chi connectivity index (χ0) is 16.1. The van der Waals surface area contributed by atoms with Gasteiger partial charge < -0.3 is 16.0 Å². The third kappa shape index (κ3) is 5.22. The summed E-state index contributed by atoms with van der Waals surface area (Å²) in [6.45, 7) is 5.41. The standard InChI is InChI=1S/C17H25N3O2.ClH/c1-12(18)8-9-16(21)19-15-7-5-6-14(13(15)2)17(22)20-10-3-4-11-20;/h5-7,12H,3-4,8-11,18H2,1-2H3,(H,19,21);1H. The van der Waals surface area contributed by atoms with Crippen LogP contribution in [0.5, 0.6) is 0 Å². The van der Waals surface area contributed by atoms with Crippen molar-refractivity contribution in [1.82, 2.24) is 4.90 Å². The highest BCUT2D eigenvalue weighted by atomic mass is 35.5. The van der Waals surface area contributed by atoms with Crippen LogP contribution in [0.4, 0.5) is 5.69 Å². The topological polar surface area (TPSA) is 75.4 Å². The highest BCUT2D eigenvalue weighted by Crippen LogP contribution is 2.22. The smallest absolute Gasteiger partial charge is 0.254 e. The maximum atomic E-state index is 12.5. The van der Waals surface area contributed by atoms with Crippen LogP contribution in [0.15, 0.2) is 18.2 Å². The van der Waals surface area contributed by atoms with Crippen LogP contribution in [0.2, 0.25) is 0 Å². The Morgan fingerprint density at radius 2 is 1.96 bits per heavy atom. The number of benzene rings is 1. The van der Waals surface area contributed by atoms with Crippen molar-refractivity contribution in [2.75, 3.05) is 18.4 Å². The molecule has 1 atom stereocenters. The first-order chi connectivity index (χ1) is 10.5. The molecule has 0 bridgehead atoms. The second-order valence-corrected chi connectivity index (χ2v) is 6.04. The number of likely N-dealkylation sites (tertiary alicyclic amines) is 1. The van der Waals surface area contributed by atoms with E-state index in [1.807, 2.05) is 36.9 Å². The van der Waals surface area contributed by atoms with Crippen LogP contribution in [0.3, 0.4) is 0 Å². The quantitative estimate of drug-likeness (QED) is 0.866. The molecule has 6 heteroatoms. The third-order valence-electron chi connectivity index (χ3n) is 4.06.